The van der Waals surface area contributed by atoms with Crippen molar-refractivity contribution < 1.29 is 9.18 Å². The highest BCUT2D eigenvalue weighted by atomic mass is 19.1. The highest BCUT2D eigenvalue weighted by Gasteiger charge is 2.04. The molecule has 0 saturated carbocycles. The average Bonchev–Trinajstić information content (AvgIpc) is 2.52. The van der Waals surface area contributed by atoms with E-state index >= 15 is 0 Å². The third kappa shape index (κ3) is 5.30. The van der Waals surface area contributed by atoms with Crippen LogP contribution >= 0.6 is 0 Å². The summed E-state index contributed by atoms with van der Waals surface area (Å²) in [6.45, 7) is 3.61. The van der Waals surface area contributed by atoms with Crippen LogP contribution in [0.25, 0.3) is 0 Å². The molecule has 0 heterocycles. The van der Waals surface area contributed by atoms with Gasteiger partial charge < -0.3 is 10.6 Å². The summed E-state index contributed by atoms with van der Waals surface area (Å²) >= 11 is 0. The van der Waals surface area contributed by atoms with Crippen LogP contribution in [-0.4, -0.2) is 12.5 Å². The minimum absolute atomic E-state index is 0.0836. The quantitative estimate of drug-likeness (QED) is 0.772. The molecule has 1 amide bonds. The molecule has 116 valence electrons. The Morgan fingerprint density at radius 2 is 1.77 bits per heavy atom. The summed E-state index contributed by atoms with van der Waals surface area (Å²) in [5.41, 5.74) is 2.93. The van der Waals surface area contributed by atoms with Crippen molar-refractivity contribution in [3.05, 3.63) is 71.0 Å². The van der Waals surface area contributed by atoms with Gasteiger partial charge in [0, 0.05) is 31.6 Å². The molecule has 0 saturated heterocycles. The van der Waals surface area contributed by atoms with Gasteiger partial charge in [0.25, 0.3) is 0 Å². The lowest BCUT2D eigenvalue weighted by atomic mass is 10.1. The van der Waals surface area contributed by atoms with E-state index in [4.69, 9.17) is 0 Å². The van der Waals surface area contributed by atoms with Gasteiger partial charge in [0.2, 0.25) is 5.91 Å². The Morgan fingerprint density at radius 3 is 2.50 bits per heavy atom. The Bertz CT molecular complexity index is 611. The lowest BCUT2D eigenvalue weighted by Crippen LogP contribution is -2.27. The van der Waals surface area contributed by atoms with Crippen LogP contribution < -0.4 is 10.6 Å². The number of hydrogen-bond acceptors (Lipinski definition) is 2. The number of hydrogen-bond donors (Lipinski definition) is 2. The maximum atomic E-state index is 13.4. The topological polar surface area (TPSA) is 41.1 Å². The van der Waals surface area contributed by atoms with Gasteiger partial charge in [0.15, 0.2) is 0 Å². The largest absolute Gasteiger partial charge is 0.352 e. The summed E-state index contributed by atoms with van der Waals surface area (Å²) in [4.78, 5) is 11.7. The molecular formula is C18H21FN2O. The molecule has 0 unspecified atom stereocenters. The smallest absolute Gasteiger partial charge is 0.221 e. The van der Waals surface area contributed by atoms with Crippen LogP contribution in [-0.2, 0) is 17.9 Å². The van der Waals surface area contributed by atoms with Gasteiger partial charge in [0.05, 0.1) is 0 Å². The number of nitrogens with one attached hydrogen (secondary N) is 2. The van der Waals surface area contributed by atoms with E-state index in [0.29, 0.717) is 18.5 Å². The van der Waals surface area contributed by atoms with Gasteiger partial charge in [-0.2, -0.15) is 0 Å². The van der Waals surface area contributed by atoms with Crippen molar-refractivity contribution >= 4 is 5.91 Å². The van der Waals surface area contributed by atoms with Gasteiger partial charge in [-0.05, 0) is 18.6 Å². The maximum absolute atomic E-state index is 13.4. The SMILES string of the molecule is Cc1ccc(CNCCC(=O)NCc2ccccc2F)cc1. The zero-order valence-corrected chi connectivity index (χ0v) is 12.7. The molecule has 2 aromatic carbocycles. The van der Waals surface area contributed by atoms with Gasteiger partial charge in [-0.25, -0.2) is 4.39 Å². The van der Waals surface area contributed by atoms with E-state index in [1.807, 2.05) is 0 Å². The Hall–Kier alpha value is -2.20. The van der Waals surface area contributed by atoms with Crippen molar-refractivity contribution in [2.75, 3.05) is 6.54 Å². The first-order valence-electron chi connectivity index (χ1n) is 7.41. The number of benzene rings is 2. The number of carbonyl (C=O) groups excluding carboxylic acids is 1. The molecule has 0 aromatic heterocycles. The summed E-state index contributed by atoms with van der Waals surface area (Å²) < 4.78 is 13.4. The molecule has 0 spiro atoms. The molecule has 0 aliphatic heterocycles. The van der Waals surface area contributed by atoms with E-state index < -0.39 is 0 Å². The predicted octanol–water partition coefficient (Wildman–Crippen LogP) is 2.93. The first-order valence-corrected chi connectivity index (χ1v) is 7.41. The van der Waals surface area contributed by atoms with Crippen molar-refractivity contribution in [2.45, 2.75) is 26.4 Å². The second-order valence-corrected chi connectivity index (χ2v) is 5.28. The number of carbonyl (C=O) groups is 1. The zero-order valence-electron chi connectivity index (χ0n) is 12.7. The lowest BCUT2D eigenvalue weighted by molar-refractivity contribution is -0.121. The van der Waals surface area contributed by atoms with Gasteiger partial charge in [-0.1, -0.05) is 48.0 Å². The molecule has 0 atom stereocenters. The summed E-state index contributed by atoms with van der Waals surface area (Å²) in [6.07, 6.45) is 0.375. The molecule has 22 heavy (non-hydrogen) atoms. The standard InChI is InChI=1S/C18H21FN2O/c1-14-6-8-15(9-7-14)12-20-11-10-18(22)21-13-16-4-2-3-5-17(16)19/h2-9,20H,10-13H2,1H3,(H,21,22). The van der Waals surface area contributed by atoms with Crippen molar-refractivity contribution in [3.8, 4) is 0 Å². The molecule has 0 aliphatic carbocycles. The number of halogens is 1. The van der Waals surface area contributed by atoms with Crippen molar-refractivity contribution in [2.24, 2.45) is 0 Å². The second-order valence-electron chi connectivity index (χ2n) is 5.28. The molecule has 0 radical (unpaired) electrons. The van der Waals surface area contributed by atoms with Crippen LogP contribution in [0.5, 0.6) is 0 Å². The minimum atomic E-state index is -0.291. The molecule has 0 fully saturated rings. The zero-order chi connectivity index (χ0) is 15.8. The van der Waals surface area contributed by atoms with Crippen molar-refractivity contribution in [3.63, 3.8) is 0 Å². The molecule has 0 bridgehead atoms. The van der Waals surface area contributed by atoms with Gasteiger partial charge in [-0.3, -0.25) is 4.79 Å². The van der Waals surface area contributed by atoms with Crippen LogP contribution in [0.3, 0.4) is 0 Å². The Labute approximate surface area is 130 Å². The van der Waals surface area contributed by atoms with Gasteiger partial charge >= 0.3 is 0 Å². The lowest BCUT2D eigenvalue weighted by Gasteiger charge is -2.07. The minimum Gasteiger partial charge on any atom is -0.352 e. The summed E-state index contributed by atoms with van der Waals surface area (Å²) in [5, 5.41) is 5.95. The molecule has 2 aromatic rings. The Kier molecular flexibility index (Phi) is 6.10. The van der Waals surface area contributed by atoms with Gasteiger partial charge in [-0.15, -0.1) is 0 Å². The second kappa shape index (κ2) is 8.29. The molecular weight excluding hydrogens is 279 g/mol. The molecule has 4 heteroatoms. The third-order valence-electron chi connectivity index (χ3n) is 3.41. The van der Waals surface area contributed by atoms with E-state index in [9.17, 15) is 9.18 Å². The van der Waals surface area contributed by atoms with E-state index in [2.05, 4.69) is 41.8 Å². The Balaban J connectivity index is 1.64. The van der Waals surface area contributed by atoms with Gasteiger partial charge in [0.1, 0.15) is 5.82 Å². The van der Waals surface area contributed by atoms with Crippen LogP contribution in [0.15, 0.2) is 48.5 Å². The average molecular weight is 300 g/mol. The number of aryl methyl sites for hydroxylation is 1. The molecule has 2 N–H and O–H groups in total. The van der Waals surface area contributed by atoms with Crippen LogP contribution in [0.2, 0.25) is 0 Å². The molecule has 2 rings (SSSR count). The third-order valence-corrected chi connectivity index (χ3v) is 3.41. The van der Waals surface area contributed by atoms with Crippen LogP contribution in [0.1, 0.15) is 23.1 Å². The van der Waals surface area contributed by atoms with Crippen LogP contribution in [0.4, 0.5) is 4.39 Å². The first-order chi connectivity index (χ1) is 10.6. The fourth-order valence-corrected chi connectivity index (χ4v) is 2.06. The number of amides is 1. The van der Waals surface area contributed by atoms with Crippen molar-refractivity contribution in [1.82, 2.24) is 10.6 Å². The first kappa shape index (κ1) is 16.2. The molecule has 0 aliphatic rings. The van der Waals surface area contributed by atoms with Crippen molar-refractivity contribution in [1.29, 1.82) is 0 Å². The number of rotatable bonds is 7. The van der Waals surface area contributed by atoms with E-state index in [-0.39, 0.29) is 18.3 Å². The summed E-state index contributed by atoms with van der Waals surface area (Å²) in [5.74, 6) is -0.375. The predicted molar refractivity (Wildman–Crippen MR) is 85.7 cm³/mol. The normalized spacial score (nSPS) is 10.5. The van der Waals surface area contributed by atoms with E-state index in [1.165, 1.54) is 17.2 Å². The highest BCUT2D eigenvalue weighted by Crippen LogP contribution is 2.05. The fraction of sp³-hybridized carbons (Fsp3) is 0.278. The van der Waals surface area contributed by atoms with Crippen LogP contribution in [0, 0.1) is 12.7 Å². The summed E-state index contributed by atoms with van der Waals surface area (Å²) in [6, 6.07) is 14.7. The highest BCUT2D eigenvalue weighted by molar-refractivity contribution is 5.76. The van der Waals surface area contributed by atoms with E-state index in [1.54, 1.807) is 18.2 Å². The monoisotopic (exact) mass is 300 g/mol. The molecule has 3 nitrogen and oxygen atoms in total. The summed E-state index contributed by atoms with van der Waals surface area (Å²) in [7, 11) is 0. The van der Waals surface area contributed by atoms with E-state index in [0.717, 1.165) is 6.54 Å². The maximum Gasteiger partial charge on any atom is 0.221 e. The Morgan fingerprint density at radius 1 is 1.05 bits per heavy atom. The fourth-order valence-electron chi connectivity index (χ4n) is 2.06.